The van der Waals surface area contributed by atoms with Crippen LogP contribution in [0.1, 0.15) is 32.1 Å². The van der Waals surface area contributed by atoms with Crippen LogP contribution in [-0.4, -0.2) is 26.9 Å². The number of hydrogen-bond donors (Lipinski definition) is 2. The number of anilines is 1. The average molecular weight is 289 g/mol. The van der Waals surface area contributed by atoms with Crippen molar-refractivity contribution in [1.29, 1.82) is 0 Å². The number of aromatic amines is 1. The third-order valence-electron chi connectivity index (χ3n) is 3.69. The minimum atomic E-state index is 0.0536. The molecule has 106 valence electrons. The van der Waals surface area contributed by atoms with Gasteiger partial charge in [0.2, 0.25) is 5.91 Å². The fraction of sp³-hybridized carbons (Fsp3) is 0.467. The first-order valence-corrected chi connectivity index (χ1v) is 8.21. The molecule has 0 bridgehead atoms. The molecule has 20 heavy (non-hydrogen) atoms. The molecule has 1 amide bonds. The van der Waals surface area contributed by atoms with Crippen LogP contribution in [0, 0.1) is 0 Å². The van der Waals surface area contributed by atoms with Crippen molar-refractivity contribution in [1.82, 2.24) is 9.97 Å². The Kier molecular flexibility index (Phi) is 4.25. The Hall–Kier alpha value is -1.49. The standard InChI is InChI=1S/C15H19N3OS/c19-15(6-8-20-12-3-1-2-4-12)18-14-9-11-5-7-16-13(11)10-17-14/h5,7,9-10,12,16H,1-4,6,8H2,(H,17,18,19). The van der Waals surface area contributed by atoms with Crippen LogP contribution in [0.25, 0.3) is 10.9 Å². The van der Waals surface area contributed by atoms with Gasteiger partial charge < -0.3 is 10.3 Å². The Bertz CT molecular complexity index is 590. The van der Waals surface area contributed by atoms with Gasteiger partial charge in [-0.3, -0.25) is 4.79 Å². The second-order valence-electron chi connectivity index (χ2n) is 5.21. The zero-order valence-corrected chi connectivity index (χ0v) is 12.2. The largest absolute Gasteiger partial charge is 0.360 e. The normalized spacial score (nSPS) is 15.8. The van der Waals surface area contributed by atoms with Crippen molar-refractivity contribution in [2.24, 2.45) is 0 Å². The number of fused-ring (bicyclic) bond motifs is 1. The van der Waals surface area contributed by atoms with Crippen LogP contribution in [0.4, 0.5) is 5.82 Å². The molecule has 3 rings (SSSR count). The molecule has 4 nitrogen and oxygen atoms in total. The molecular formula is C15H19N3OS. The summed E-state index contributed by atoms with van der Waals surface area (Å²) >= 11 is 1.94. The molecule has 0 unspecified atom stereocenters. The zero-order valence-electron chi connectivity index (χ0n) is 11.4. The van der Waals surface area contributed by atoms with E-state index in [1.807, 2.05) is 30.1 Å². The molecule has 1 aliphatic carbocycles. The number of hydrogen-bond acceptors (Lipinski definition) is 3. The van der Waals surface area contributed by atoms with Crippen molar-refractivity contribution in [2.45, 2.75) is 37.4 Å². The predicted octanol–water partition coefficient (Wildman–Crippen LogP) is 3.57. The number of nitrogens with zero attached hydrogens (tertiary/aromatic N) is 1. The van der Waals surface area contributed by atoms with Gasteiger partial charge in [-0.1, -0.05) is 12.8 Å². The lowest BCUT2D eigenvalue weighted by atomic mass is 10.3. The van der Waals surface area contributed by atoms with Gasteiger partial charge in [0.15, 0.2) is 0 Å². The maximum Gasteiger partial charge on any atom is 0.226 e. The molecule has 2 heterocycles. The Balaban J connectivity index is 1.47. The van der Waals surface area contributed by atoms with Gasteiger partial charge >= 0.3 is 0 Å². The summed E-state index contributed by atoms with van der Waals surface area (Å²) in [5.74, 6) is 1.59. The molecule has 0 atom stereocenters. The van der Waals surface area contributed by atoms with Crippen molar-refractivity contribution in [2.75, 3.05) is 11.1 Å². The maximum absolute atomic E-state index is 11.9. The lowest BCUT2D eigenvalue weighted by molar-refractivity contribution is -0.115. The van der Waals surface area contributed by atoms with E-state index in [4.69, 9.17) is 0 Å². The molecule has 1 fully saturated rings. The molecule has 2 aromatic heterocycles. The van der Waals surface area contributed by atoms with Crippen LogP contribution in [0.5, 0.6) is 0 Å². The monoisotopic (exact) mass is 289 g/mol. The summed E-state index contributed by atoms with van der Waals surface area (Å²) in [5.41, 5.74) is 0.986. The highest BCUT2D eigenvalue weighted by atomic mass is 32.2. The maximum atomic E-state index is 11.9. The van der Waals surface area contributed by atoms with Gasteiger partial charge in [-0.25, -0.2) is 4.98 Å². The fourth-order valence-corrected chi connectivity index (χ4v) is 3.90. The van der Waals surface area contributed by atoms with Crippen LogP contribution in [0.3, 0.4) is 0 Å². The Morgan fingerprint density at radius 2 is 2.30 bits per heavy atom. The van der Waals surface area contributed by atoms with Crippen LogP contribution in [0.2, 0.25) is 0 Å². The smallest absolute Gasteiger partial charge is 0.226 e. The van der Waals surface area contributed by atoms with E-state index < -0.39 is 0 Å². The summed E-state index contributed by atoms with van der Waals surface area (Å²) in [4.78, 5) is 19.2. The SMILES string of the molecule is O=C(CCSC1CCCC1)Nc1cc2cc[nH]c2cn1. The van der Waals surface area contributed by atoms with E-state index in [0.717, 1.165) is 21.9 Å². The molecule has 0 aliphatic heterocycles. The fourth-order valence-electron chi connectivity index (χ4n) is 2.60. The first-order chi connectivity index (χ1) is 9.81. The Morgan fingerprint density at radius 1 is 1.45 bits per heavy atom. The van der Waals surface area contributed by atoms with Gasteiger partial charge in [0.25, 0.3) is 0 Å². The minimum absolute atomic E-state index is 0.0536. The number of H-pyrrole nitrogens is 1. The van der Waals surface area contributed by atoms with Crippen LogP contribution in [0.15, 0.2) is 24.5 Å². The lowest BCUT2D eigenvalue weighted by Crippen LogP contribution is -2.13. The number of thioether (sulfide) groups is 1. The lowest BCUT2D eigenvalue weighted by Gasteiger charge is -2.08. The van der Waals surface area contributed by atoms with Crippen molar-refractivity contribution in [3.05, 3.63) is 24.5 Å². The summed E-state index contributed by atoms with van der Waals surface area (Å²) in [6, 6.07) is 3.87. The van der Waals surface area contributed by atoms with Crippen molar-refractivity contribution in [3.8, 4) is 0 Å². The quantitative estimate of drug-likeness (QED) is 0.884. The molecule has 2 aromatic rings. The van der Waals surface area contributed by atoms with Gasteiger partial charge in [0.05, 0.1) is 11.7 Å². The van der Waals surface area contributed by atoms with E-state index in [-0.39, 0.29) is 5.91 Å². The summed E-state index contributed by atoms with van der Waals surface area (Å²) in [6.45, 7) is 0. The van der Waals surface area contributed by atoms with Crippen LogP contribution >= 0.6 is 11.8 Å². The van der Waals surface area contributed by atoms with E-state index in [1.54, 1.807) is 6.20 Å². The van der Waals surface area contributed by atoms with Gasteiger partial charge in [0, 0.05) is 29.0 Å². The minimum Gasteiger partial charge on any atom is -0.360 e. The third-order valence-corrected chi connectivity index (χ3v) is 5.07. The topological polar surface area (TPSA) is 57.8 Å². The number of pyridine rings is 1. The van der Waals surface area contributed by atoms with Crippen molar-refractivity contribution >= 4 is 34.4 Å². The van der Waals surface area contributed by atoms with Crippen molar-refractivity contribution in [3.63, 3.8) is 0 Å². The molecule has 2 N–H and O–H groups in total. The van der Waals surface area contributed by atoms with Crippen LogP contribution < -0.4 is 5.32 Å². The van der Waals surface area contributed by atoms with Gasteiger partial charge in [0.1, 0.15) is 5.82 Å². The number of aromatic nitrogens is 2. The highest BCUT2D eigenvalue weighted by Crippen LogP contribution is 2.29. The molecular weight excluding hydrogens is 270 g/mol. The number of nitrogens with one attached hydrogen (secondary N) is 2. The molecule has 0 radical (unpaired) electrons. The van der Waals surface area contributed by atoms with Gasteiger partial charge in [-0.15, -0.1) is 0 Å². The molecule has 5 heteroatoms. The summed E-state index contributed by atoms with van der Waals surface area (Å²) < 4.78 is 0. The highest BCUT2D eigenvalue weighted by Gasteiger charge is 2.15. The number of carbonyl (C=O) groups excluding carboxylic acids is 1. The molecule has 1 aliphatic rings. The summed E-state index contributed by atoms with van der Waals surface area (Å²) in [7, 11) is 0. The molecule has 0 spiro atoms. The first-order valence-electron chi connectivity index (χ1n) is 7.16. The number of carbonyl (C=O) groups is 1. The van der Waals surface area contributed by atoms with E-state index in [2.05, 4.69) is 15.3 Å². The predicted molar refractivity (Wildman–Crippen MR) is 84.1 cm³/mol. The highest BCUT2D eigenvalue weighted by molar-refractivity contribution is 7.99. The number of amides is 1. The van der Waals surface area contributed by atoms with Gasteiger partial charge in [-0.05, 0) is 25.0 Å². The second-order valence-corrected chi connectivity index (χ2v) is 6.62. The third kappa shape index (κ3) is 3.33. The van der Waals surface area contributed by atoms with Crippen molar-refractivity contribution < 1.29 is 4.79 Å². The van der Waals surface area contributed by atoms with E-state index >= 15 is 0 Å². The molecule has 0 aromatic carbocycles. The van der Waals surface area contributed by atoms with Gasteiger partial charge in [-0.2, -0.15) is 11.8 Å². The number of rotatable bonds is 5. The van der Waals surface area contributed by atoms with E-state index in [1.165, 1.54) is 25.7 Å². The molecule has 0 saturated heterocycles. The Labute approximate surface area is 122 Å². The van der Waals surface area contributed by atoms with E-state index in [0.29, 0.717) is 12.2 Å². The first kappa shape index (κ1) is 13.5. The molecule has 1 saturated carbocycles. The zero-order chi connectivity index (χ0) is 13.8. The van der Waals surface area contributed by atoms with E-state index in [9.17, 15) is 4.79 Å². The summed E-state index contributed by atoms with van der Waals surface area (Å²) in [5, 5.41) is 4.71. The van der Waals surface area contributed by atoms with Crippen LogP contribution in [-0.2, 0) is 4.79 Å². The second kappa shape index (κ2) is 6.31. The Morgan fingerprint density at radius 3 is 3.15 bits per heavy atom. The average Bonchev–Trinajstić information content (AvgIpc) is 3.08. The summed E-state index contributed by atoms with van der Waals surface area (Å²) in [6.07, 6.45) is 9.52.